The summed E-state index contributed by atoms with van der Waals surface area (Å²) in [4.78, 5) is 11.9. The fraction of sp³-hybridized carbons (Fsp3) is 0.923. The molecule has 0 aliphatic heterocycles. The summed E-state index contributed by atoms with van der Waals surface area (Å²) >= 11 is 0. The van der Waals surface area contributed by atoms with Gasteiger partial charge >= 0.3 is 0 Å². The number of hydrogen-bond donors (Lipinski definition) is 2. The minimum atomic E-state index is -0.451. The maximum absolute atomic E-state index is 11.9. The number of hydrogen-bond acceptors (Lipinski definition) is 3. The third-order valence-electron chi connectivity index (χ3n) is 3.79. The van der Waals surface area contributed by atoms with Gasteiger partial charge in [0.05, 0.1) is 6.04 Å². The van der Waals surface area contributed by atoms with Gasteiger partial charge in [0.2, 0.25) is 5.91 Å². The van der Waals surface area contributed by atoms with Gasteiger partial charge in [0, 0.05) is 19.8 Å². The van der Waals surface area contributed by atoms with Gasteiger partial charge < -0.3 is 15.8 Å². The number of amides is 1. The van der Waals surface area contributed by atoms with E-state index in [1.807, 2.05) is 0 Å². The quantitative estimate of drug-likeness (QED) is 0.766. The van der Waals surface area contributed by atoms with E-state index in [4.69, 9.17) is 10.5 Å². The average molecular weight is 242 g/mol. The van der Waals surface area contributed by atoms with E-state index in [9.17, 15) is 4.79 Å². The van der Waals surface area contributed by atoms with E-state index < -0.39 is 6.04 Å². The molecule has 1 rings (SSSR count). The minimum Gasteiger partial charge on any atom is -0.385 e. The van der Waals surface area contributed by atoms with Gasteiger partial charge in [0.25, 0.3) is 0 Å². The van der Waals surface area contributed by atoms with Crippen molar-refractivity contribution in [3.63, 3.8) is 0 Å². The van der Waals surface area contributed by atoms with Crippen LogP contribution in [0.4, 0.5) is 0 Å². The standard InChI is InChI=1S/C13H26N2O2/c1-13(2)8-5-4-6-11(13)15-12(16)10(14)7-9-17-3/h10-11H,4-9,14H2,1-3H3,(H,15,16). The van der Waals surface area contributed by atoms with Crippen LogP contribution >= 0.6 is 0 Å². The summed E-state index contributed by atoms with van der Waals surface area (Å²) in [6.07, 6.45) is 5.27. The second-order valence-corrected chi connectivity index (χ2v) is 5.68. The Kier molecular flexibility index (Phi) is 5.40. The van der Waals surface area contributed by atoms with Crippen LogP contribution in [-0.2, 0) is 9.53 Å². The molecular weight excluding hydrogens is 216 g/mol. The molecule has 0 aromatic heterocycles. The van der Waals surface area contributed by atoms with E-state index in [-0.39, 0.29) is 17.4 Å². The lowest BCUT2D eigenvalue weighted by molar-refractivity contribution is -0.124. The lowest BCUT2D eigenvalue weighted by Gasteiger charge is -2.39. The van der Waals surface area contributed by atoms with Gasteiger partial charge in [-0.2, -0.15) is 0 Å². The summed E-state index contributed by atoms with van der Waals surface area (Å²) in [6.45, 7) is 4.97. The van der Waals surface area contributed by atoms with Crippen LogP contribution in [0.2, 0.25) is 0 Å². The zero-order valence-electron chi connectivity index (χ0n) is 11.3. The Bertz CT molecular complexity index is 254. The Morgan fingerprint density at radius 2 is 2.24 bits per heavy atom. The van der Waals surface area contributed by atoms with Crippen molar-refractivity contribution >= 4 is 5.91 Å². The number of methoxy groups -OCH3 is 1. The molecule has 2 atom stereocenters. The van der Waals surface area contributed by atoms with E-state index in [0.29, 0.717) is 13.0 Å². The van der Waals surface area contributed by atoms with E-state index in [2.05, 4.69) is 19.2 Å². The first-order valence-electron chi connectivity index (χ1n) is 6.52. The summed E-state index contributed by atoms with van der Waals surface area (Å²) < 4.78 is 4.93. The predicted octanol–water partition coefficient (Wildman–Crippen LogP) is 1.44. The van der Waals surface area contributed by atoms with Crippen LogP contribution in [0.15, 0.2) is 0 Å². The molecule has 1 amide bonds. The molecule has 1 aliphatic rings. The van der Waals surface area contributed by atoms with Crippen molar-refractivity contribution in [2.45, 2.75) is 58.0 Å². The molecule has 0 saturated heterocycles. The fourth-order valence-corrected chi connectivity index (χ4v) is 2.42. The summed E-state index contributed by atoms with van der Waals surface area (Å²) in [5.41, 5.74) is 6.01. The van der Waals surface area contributed by atoms with E-state index in [0.717, 1.165) is 6.42 Å². The number of ether oxygens (including phenoxy) is 1. The molecule has 1 fully saturated rings. The Hall–Kier alpha value is -0.610. The number of carbonyl (C=O) groups is 1. The highest BCUT2D eigenvalue weighted by Gasteiger charge is 2.33. The summed E-state index contributed by atoms with van der Waals surface area (Å²) in [5.74, 6) is -0.0398. The summed E-state index contributed by atoms with van der Waals surface area (Å²) in [5, 5.41) is 3.10. The Labute approximate surface area is 104 Å². The molecule has 0 spiro atoms. The van der Waals surface area contributed by atoms with Crippen molar-refractivity contribution in [2.24, 2.45) is 11.1 Å². The highest BCUT2D eigenvalue weighted by molar-refractivity contribution is 5.81. The van der Waals surface area contributed by atoms with Gasteiger partial charge in [-0.3, -0.25) is 4.79 Å². The van der Waals surface area contributed by atoms with Crippen molar-refractivity contribution in [1.82, 2.24) is 5.32 Å². The van der Waals surface area contributed by atoms with Crippen LogP contribution in [0, 0.1) is 5.41 Å². The van der Waals surface area contributed by atoms with E-state index in [1.165, 1.54) is 19.3 Å². The second-order valence-electron chi connectivity index (χ2n) is 5.68. The van der Waals surface area contributed by atoms with Crippen molar-refractivity contribution in [1.29, 1.82) is 0 Å². The monoisotopic (exact) mass is 242 g/mol. The van der Waals surface area contributed by atoms with Crippen molar-refractivity contribution in [3.8, 4) is 0 Å². The number of nitrogens with two attached hydrogens (primary N) is 1. The van der Waals surface area contributed by atoms with Crippen LogP contribution in [0.5, 0.6) is 0 Å². The van der Waals surface area contributed by atoms with Crippen molar-refractivity contribution in [3.05, 3.63) is 0 Å². The van der Waals surface area contributed by atoms with Crippen LogP contribution in [-0.4, -0.2) is 31.7 Å². The molecule has 4 nitrogen and oxygen atoms in total. The van der Waals surface area contributed by atoms with Gasteiger partial charge in [-0.05, 0) is 24.7 Å². The first-order valence-corrected chi connectivity index (χ1v) is 6.52. The fourth-order valence-electron chi connectivity index (χ4n) is 2.42. The van der Waals surface area contributed by atoms with Crippen LogP contribution < -0.4 is 11.1 Å². The highest BCUT2D eigenvalue weighted by Crippen LogP contribution is 2.35. The average Bonchev–Trinajstić information content (AvgIpc) is 2.28. The first kappa shape index (κ1) is 14.5. The summed E-state index contributed by atoms with van der Waals surface area (Å²) in [6, 6.07) is -0.190. The molecule has 0 bridgehead atoms. The lowest BCUT2D eigenvalue weighted by atomic mass is 9.73. The van der Waals surface area contributed by atoms with Gasteiger partial charge in [-0.1, -0.05) is 26.7 Å². The Balaban J connectivity index is 2.43. The van der Waals surface area contributed by atoms with E-state index >= 15 is 0 Å². The third kappa shape index (κ3) is 4.28. The van der Waals surface area contributed by atoms with Crippen molar-refractivity contribution < 1.29 is 9.53 Å². The zero-order valence-corrected chi connectivity index (χ0v) is 11.3. The molecule has 1 aliphatic carbocycles. The van der Waals surface area contributed by atoms with Crippen LogP contribution in [0.25, 0.3) is 0 Å². The van der Waals surface area contributed by atoms with Gasteiger partial charge in [0.1, 0.15) is 0 Å². The van der Waals surface area contributed by atoms with Crippen LogP contribution in [0.3, 0.4) is 0 Å². The summed E-state index contributed by atoms with van der Waals surface area (Å²) in [7, 11) is 1.62. The lowest BCUT2D eigenvalue weighted by Crippen LogP contribution is -2.52. The molecule has 1 saturated carbocycles. The van der Waals surface area contributed by atoms with Gasteiger partial charge in [-0.25, -0.2) is 0 Å². The number of rotatable bonds is 5. The van der Waals surface area contributed by atoms with Gasteiger partial charge in [0.15, 0.2) is 0 Å². The number of carbonyl (C=O) groups excluding carboxylic acids is 1. The Morgan fingerprint density at radius 1 is 1.53 bits per heavy atom. The predicted molar refractivity (Wildman–Crippen MR) is 68.6 cm³/mol. The molecule has 0 radical (unpaired) electrons. The molecule has 2 unspecified atom stereocenters. The largest absolute Gasteiger partial charge is 0.385 e. The second kappa shape index (κ2) is 6.36. The molecule has 4 heteroatoms. The molecule has 100 valence electrons. The molecule has 0 heterocycles. The number of nitrogens with one attached hydrogen (secondary N) is 1. The smallest absolute Gasteiger partial charge is 0.237 e. The van der Waals surface area contributed by atoms with Gasteiger partial charge in [-0.15, -0.1) is 0 Å². The third-order valence-corrected chi connectivity index (χ3v) is 3.79. The highest BCUT2D eigenvalue weighted by atomic mass is 16.5. The SMILES string of the molecule is COCCC(N)C(=O)NC1CCCCC1(C)C. The topological polar surface area (TPSA) is 64.3 Å². The Morgan fingerprint density at radius 3 is 2.82 bits per heavy atom. The molecule has 17 heavy (non-hydrogen) atoms. The van der Waals surface area contributed by atoms with E-state index in [1.54, 1.807) is 7.11 Å². The zero-order chi connectivity index (χ0) is 12.9. The maximum Gasteiger partial charge on any atom is 0.237 e. The first-order chi connectivity index (χ1) is 7.97. The molecular formula is C13H26N2O2. The normalized spacial score (nSPS) is 25.3. The van der Waals surface area contributed by atoms with Crippen molar-refractivity contribution in [2.75, 3.05) is 13.7 Å². The van der Waals surface area contributed by atoms with Crippen LogP contribution in [0.1, 0.15) is 46.0 Å². The minimum absolute atomic E-state index is 0.0398. The molecule has 3 N–H and O–H groups in total. The maximum atomic E-state index is 11.9. The molecule has 0 aromatic carbocycles. The molecule has 0 aromatic rings.